The molecule has 0 spiro atoms. The lowest BCUT2D eigenvalue weighted by atomic mass is 10.1. The molecule has 0 saturated heterocycles. The van der Waals surface area contributed by atoms with E-state index >= 15 is 0 Å². The fourth-order valence-electron chi connectivity index (χ4n) is 1.89. The van der Waals surface area contributed by atoms with Gasteiger partial charge in [0.05, 0.1) is 17.4 Å². The number of nitrogens with zero attached hydrogens (tertiary/aromatic N) is 2. The number of ketones is 1. The van der Waals surface area contributed by atoms with Gasteiger partial charge < -0.3 is 4.57 Å². The molecule has 0 aliphatic carbocycles. The lowest BCUT2D eigenvalue weighted by molar-refractivity contribution is -0.117. The Morgan fingerprint density at radius 1 is 1.41 bits per heavy atom. The van der Waals surface area contributed by atoms with E-state index in [9.17, 15) is 13.6 Å². The van der Waals surface area contributed by atoms with Crippen molar-refractivity contribution >= 4 is 16.8 Å². The molecule has 0 fully saturated rings. The monoisotopic (exact) mass is 238 g/mol. The highest BCUT2D eigenvalue weighted by Crippen LogP contribution is 2.22. The van der Waals surface area contributed by atoms with Crippen molar-refractivity contribution < 1.29 is 13.6 Å². The molecule has 2 rings (SSSR count). The molecule has 0 N–H and O–H groups in total. The molecule has 1 unspecified atom stereocenters. The molecule has 0 radical (unpaired) electrons. The van der Waals surface area contributed by atoms with Gasteiger partial charge in [-0.25, -0.2) is 13.8 Å². The van der Waals surface area contributed by atoms with Gasteiger partial charge in [-0.05, 0) is 13.8 Å². The van der Waals surface area contributed by atoms with Gasteiger partial charge in [0.15, 0.2) is 11.6 Å². The van der Waals surface area contributed by atoms with E-state index in [1.54, 1.807) is 4.57 Å². The third-order valence-electron chi connectivity index (χ3n) is 2.67. The highest BCUT2D eigenvalue weighted by atomic mass is 19.2. The van der Waals surface area contributed by atoms with Crippen molar-refractivity contribution in [3.05, 3.63) is 30.1 Å². The van der Waals surface area contributed by atoms with Crippen molar-refractivity contribution in [2.75, 3.05) is 0 Å². The van der Waals surface area contributed by atoms with E-state index in [1.165, 1.54) is 13.3 Å². The zero-order valence-corrected chi connectivity index (χ0v) is 9.58. The van der Waals surface area contributed by atoms with E-state index < -0.39 is 11.6 Å². The first kappa shape index (κ1) is 11.7. The zero-order chi connectivity index (χ0) is 12.6. The van der Waals surface area contributed by atoms with Crippen LogP contribution < -0.4 is 0 Å². The van der Waals surface area contributed by atoms with Crippen molar-refractivity contribution in [2.24, 2.45) is 0 Å². The van der Waals surface area contributed by atoms with Gasteiger partial charge in [-0.3, -0.25) is 4.79 Å². The first-order valence-electron chi connectivity index (χ1n) is 5.30. The number of imidazole rings is 1. The Labute approximate surface area is 97.1 Å². The van der Waals surface area contributed by atoms with Gasteiger partial charge in [0.25, 0.3) is 0 Å². The summed E-state index contributed by atoms with van der Waals surface area (Å²) in [7, 11) is 0. The van der Waals surface area contributed by atoms with Gasteiger partial charge in [0.1, 0.15) is 5.78 Å². The van der Waals surface area contributed by atoms with E-state index in [0.29, 0.717) is 17.5 Å². The maximum Gasteiger partial charge on any atom is 0.161 e. The molecule has 1 heterocycles. The zero-order valence-electron chi connectivity index (χ0n) is 9.58. The van der Waals surface area contributed by atoms with Crippen molar-refractivity contribution in [3.63, 3.8) is 0 Å². The molecular weight excluding hydrogens is 226 g/mol. The average molecular weight is 238 g/mol. The van der Waals surface area contributed by atoms with Crippen molar-refractivity contribution in [1.29, 1.82) is 0 Å². The highest BCUT2D eigenvalue weighted by molar-refractivity contribution is 5.78. The maximum absolute atomic E-state index is 13.1. The van der Waals surface area contributed by atoms with E-state index in [0.717, 1.165) is 12.1 Å². The number of benzene rings is 1. The topological polar surface area (TPSA) is 34.9 Å². The van der Waals surface area contributed by atoms with E-state index in [4.69, 9.17) is 0 Å². The van der Waals surface area contributed by atoms with Crippen LogP contribution in [-0.4, -0.2) is 15.3 Å². The van der Waals surface area contributed by atoms with Crippen LogP contribution in [0.3, 0.4) is 0 Å². The Kier molecular flexibility index (Phi) is 2.92. The van der Waals surface area contributed by atoms with Crippen LogP contribution in [0.15, 0.2) is 18.5 Å². The molecule has 0 amide bonds. The van der Waals surface area contributed by atoms with Gasteiger partial charge in [-0.2, -0.15) is 0 Å². The van der Waals surface area contributed by atoms with Gasteiger partial charge in [0.2, 0.25) is 0 Å². The molecule has 1 aromatic heterocycles. The number of fused-ring (bicyclic) bond motifs is 1. The van der Waals surface area contributed by atoms with Crippen molar-refractivity contribution in [3.8, 4) is 0 Å². The lowest BCUT2D eigenvalue weighted by Crippen LogP contribution is -2.08. The second-order valence-corrected chi connectivity index (χ2v) is 4.16. The van der Waals surface area contributed by atoms with Crippen LogP contribution in [0.25, 0.3) is 11.0 Å². The van der Waals surface area contributed by atoms with Gasteiger partial charge in [-0.1, -0.05) is 0 Å². The van der Waals surface area contributed by atoms with Crippen LogP contribution in [0.1, 0.15) is 26.3 Å². The molecule has 0 saturated carbocycles. The first-order valence-corrected chi connectivity index (χ1v) is 5.30. The average Bonchev–Trinajstić information content (AvgIpc) is 2.60. The second-order valence-electron chi connectivity index (χ2n) is 4.16. The molecule has 2 aromatic rings. The van der Waals surface area contributed by atoms with Crippen LogP contribution in [-0.2, 0) is 4.79 Å². The van der Waals surface area contributed by atoms with Crippen LogP contribution in [0.4, 0.5) is 8.78 Å². The molecule has 5 heteroatoms. The number of carbonyl (C=O) groups is 1. The standard InChI is InChI=1S/C12H12F2N2O/c1-7(3-8(2)17)16-6-15-11-4-9(13)10(14)5-12(11)16/h4-7H,3H2,1-2H3. The minimum absolute atomic E-state index is 0.0435. The molecule has 90 valence electrons. The lowest BCUT2D eigenvalue weighted by Gasteiger charge is -2.12. The van der Waals surface area contributed by atoms with E-state index in [-0.39, 0.29) is 11.8 Å². The smallest absolute Gasteiger partial charge is 0.161 e. The molecule has 0 aliphatic heterocycles. The number of rotatable bonds is 3. The molecule has 0 aliphatic rings. The fourth-order valence-corrected chi connectivity index (χ4v) is 1.89. The number of hydrogen-bond donors (Lipinski definition) is 0. The minimum atomic E-state index is -0.915. The minimum Gasteiger partial charge on any atom is -0.327 e. The summed E-state index contributed by atoms with van der Waals surface area (Å²) in [5.41, 5.74) is 0.886. The quantitative estimate of drug-likeness (QED) is 0.824. The fraction of sp³-hybridized carbons (Fsp3) is 0.333. The predicted octanol–water partition coefficient (Wildman–Crippen LogP) is 2.85. The summed E-state index contributed by atoms with van der Waals surface area (Å²) in [5, 5.41) is 0. The Bertz CT molecular complexity index is 577. The highest BCUT2D eigenvalue weighted by Gasteiger charge is 2.13. The summed E-state index contributed by atoms with van der Waals surface area (Å²) in [6.07, 6.45) is 1.83. The maximum atomic E-state index is 13.1. The first-order chi connectivity index (χ1) is 7.99. The Morgan fingerprint density at radius 3 is 2.71 bits per heavy atom. The molecule has 1 aromatic carbocycles. The summed E-state index contributed by atoms with van der Waals surface area (Å²) in [5.74, 6) is -1.78. The molecule has 17 heavy (non-hydrogen) atoms. The number of aromatic nitrogens is 2. The van der Waals surface area contributed by atoms with Crippen LogP contribution in [0.5, 0.6) is 0 Å². The Balaban J connectivity index is 2.48. The SMILES string of the molecule is CC(=O)CC(C)n1cnc2cc(F)c(F)cc21. The largest absolute Gasteiger partial charge is 0.327 e. The molecular formula is C12H12F2N2O. The normalized spacial score (nSPS) is 12.9. The summed E-state index contributed by atoms with van der Waals surface area (Å²) >= 11 is 0. The number of hydrogen-bond acceptors (Lipinski definition) is 2. The van der Waals surface area contributed by atoms with Gasteiger partial charge in [0, 0.05) is 24.6 Å². The van der Waals surface area contributed by atoms with E-state index in [2.05, 4.69) is 4.98 Å². The van der Waals surface area contributed by atoms with Crippen LogP contribution in [0.2, 0.25) is 0 Å². The summed E-state index contributed by atoms with van der Waals surface area (Å²) in [6, 6.07) is 2.04. The van der Waals surface area contributed by atoms with Crippen molar-refractivity contribution in [1.82, 2.24) is 9.55 Å². The van der Waals surface area contributed by atoms with Crippen LogP contribution >= 0.6 is 0 Å². The van der Waals surface area contributed by atoms with Crippen molar-refractivity contribution in [2.45, 2.75) is 26.3 Å². The second kappa shape index (κ2) is 4.24. The number of halogens is 2. The van der Waals surface area contributed by atoms with Gasteiger partial charge in [-0.15, -0.1) is 0 Å². The number of Topliss-reactive ketones (excluding diaryl/α,β-unsaturated/α-hetero) is 1. The third-order valence-corrected chi connectivity index (χ3v) is 2.67. The summed E-state index contributed by atoms with van der Waals surface area (Å²) < 4.78 is 27.8. The summed E-state index contributed by atoms with van der Waals surface area (Å²) in [4.78, 5) is 15.0. The Morgan fingerprint density at radius 2 is 2.06 bits per heavy atom. The van der Waals surface area contributed by atoms with Crippen LogP contribution in [0, 0.1) is 11.6 Å². The molecule has 0 bridgehead atoms. The summed E-state index contributed by atoms with van der Waals surface area (Å²) in [6.45, 7) is 3.33. The third kappa shape index (κ3) is 2.18. The molecule has 3 nitrogen and oxygen atoms in total. The van der Waals surface area contributed by atoms with E-state index in [1.807, 2.05) is 6.92 Å². The van der Waals surface area contributed by atoms with Gasteiger partial charge >= 0.3 is 0 Å². The number of carbonyl (C=O) groups excluding carboxylic acids is 1. The predicted molar refractivity (Wildman–Crippen MR) is 59.7 cm³/mol. The molecule has 1 atom stereocenters. The Hall–Kier alpha value is -1.78.